The molecule has 1 aromatic rings. The van der Waals surface area contributed by atoms with E-state index in [1.54, 1.807) is 0 Å². The Bertz CT molecular complexity index is 292. The largest absolute Gasteiger partial charge is 0.463 e. The molecule has 1 aromatic heterocycles. The van der Waals surface area contributed by atoms with Gasteiger partial charge in [0, 0.05) is 0 Å². The Kier molecular flexibility index (Phi) is 3.80. The predicted octanol–water partition coefficient (Wildman–Crippen LogP) is 2.02. The molecule has 0 radical (unpaired) electrons. The van der Waals surface area contributed by atoms with Crippen LogP contribution < -0.4 is 11.1 Å². The van der Waals surface area contributed by atoms with Gasteiger partial charge in [0.1, 0.15) is 11.5 Å². The van der Waals surface area contributed by atoms with E-state index in [-0.39, 0.29) is 0 Å². The van der Waals surface area contributed by atoms with Gasteiger partial charge in [-0.15, -0.1) is 0 Å². The van der Waals surface area contributed by atoms with Crippen LogP contribution in [0.25, 0.3) is 0 Å². The zero-order valence-electron chi connectivity index (χ0n) is 9.17. The van der Waals surface area contributed by atoms with E-state index in [2.05, 4.69) is 5.32 Å². The van der Waals surface area contributed by atoms with Crippen LogP contribution >= 0.6 is 0 Å². The molecule has 3 heteroatoms. The van der Waals surface area contributed by atoms with Crippen LogP contribution in [-0.2, 0) is 13.1 Å². The molecule has 0 spiro atoms. The monoisotopic (exact) mass is 208 g/mol. The molecule has 3 nitrogen and oxygen atoms in total. The Morgan fingerprint density at radius 2 is 2.13 bits per heavy atom. The quantitative estimate of drug-likeness (QED) is 0.674. The fraction of sp³-hybridized carbons (Fsp3) is 0.667. The second-order valence-electron chi connectivity index (χ2n) is 4.33. The molecule has 0 bridgehead atoms. The molecule has 0 atom stereocenters. The van der Waals surface area contributed by atoms with Crippen LogP contribution in [-0.4, -0.2) is 6.54 Å². The molecule has 0 saturated heterocycles. The summed E-state index contributed by atoms with van der Waals surface area (Å²) < 4.78 is 5.49. The fourth-order valence-corrected chi connectivity index (χ4v) is 1.76. The zero-order valence-corrected chi connectivity index (χ0v) is 9.17. The maximum atomic E-state index is 5.49. The van der Waals surface area contributed by atoms with Crippen molar-refractivity contribution in [3.8, 4) is 0 Å². The summed E-state index contributed by atoms with van der Waals surface area (Å²) in [5.41, 5.74) is 5.47. The lowest BCUT2D eigenvalue weighted by Gasteiger charge is -2.01. The van der Waals surface area contributed by atoms with Gasteiger partial charge in [-0.1, -0.05) is 12.8 Å². The Balaban J connectivity index is 1.56. The number of hydrogen-bond acceptors (Lipinski definition) is 3. The Hall–Kier alpha value is -0.800. The molecule has 0 aliphatic heterocycles. The number of nitrogens with two attached hydrogens (primary N) is 1. The van der Waals surface area contributed by atoms with Gasteiger partial charge in [-0.3, -0.25) is 0 Å². The highest BCUT2D eigenvalue weighted by atomic mass is 16.3. The van der Waals surface area contributed by atoms with Crippen LogP contribution in [0.1, 0.15) is 37.2 Å². The van der Waals surface area contributed by atoms with Crippen molar-refractivity contribution >= 4 is 0 Å². The van der Waals surface area contributed by atoms with Crippen molar-refractivity contribution in [1.29, 1.82) is 0 Å². The first-order chi connectivity index (χ1) is 7.38. The van der Waals surface area contributed by atoms with Crippen LogP contribution in [0.4, 0.5) is 0 Å². The van der Waals surface area contributed by atoms with Crippen molar-refractivity contribution in [3.63, 3.8) is 0 Å². The van der Waals surface area contributed by atoms with Crippen LogP contribution in [0.5, 0.6) is 0 Å². The molecule has 1 saturated carbocycles. The molecule has 15 heavy (non-hydrogen) atoms. The molecule has 2 rings (SSSR count). The molecule has 3 N–H and O–H groups in total. The van der Waals surface area contributed by atoms with Crippen LogP contribution in [0, 0.1) is 5.92 Å². The molecule has 0 amide bonds. The van der Waals surface area contributed by atoms with E-state index < -0.39 is 0 Å². The summed E-state index contributed by atoms with van der Waals surface area (Å²) in [6.45, 7) is 2.40. The second kappa shape index (κ2) is 5.33. The number of furan rings is 1. The SMILES string of the molecule is NCc1ccc(CNCCCC2CC2)o1. The normalized spacial score (nSPS) is 15.8. The van der Waals surface area contributed by atoms with Gasteiger partial charge >= 0.3 is 0 Å². The first-order valence-corrected chi connectivity index (χ1v) is 5.87. The van der Waals surface area contributed by atoms with E-state index in [1.165, 1.54) is 25.7 Å². The minimum Gasteiger partial charge on any atom is -0.463 e. The summed E-state index contributed by atoms with van der Waals surface area (Å²) >= 11 is 0. The molecule has 1 heterocycles. The van der Waals surface area contributed by atoms with Crippen molar-refractivity contribution in [2.24, 2.45) is 11.7 Å². The molecule has 1 fully saturated rings. The van der Waals surface area contributed by atoms with Gasteiger partial charge in [0.15, 0.2) is 0 Å². The minimum absolute atomic E-state index is 0.488. The van der Waals surface area contributed by atoms with E-state index >= 15 is 0 Å². The smallest absolute Gasteiger partial charge is 0.118 e. The summed E-state index contributed by atoms with van der Waals surface area (Å²) in [6.07, 6.45) is 5.59. The number of rotatable bonds is 7. The van der Waals surface area contributed by atoms with E-state index in [0.29, 0.717) is 6.54 Å². The predicted molar refractivity (Wildman–Crippen MR) is 60.3 cm³/mol. The van der Waals surface area contributed by atoms with Crippen LogP contribution in [0.15, 0.2) is 16.5 Å². The van der Waals surface area contributed by atoms with Crippen molar-refractivity contribution in [3.05, 3.63) is 23.7 Å². The van der Waals surface area contributed by atoms with E-state index in [1.807, 2.05) is 12.1 Å². The Morgan fingerprint density at radius 3 is 2.80 bits per heavy atom. The molecule has 0 aromatic carbocycles. The lowest BCUT2D eigenvalue weighted by molar-refractivity contribution is 0.445. The van der Waals surface area contributed by atoms with Gasteiger partial charge in [-0.05, 0) is 37.4 Å². The van der Waals surface area contributed by atoms with Crippen molar-refractivity contribution < 1.29 is 4.42 Å². The Labute approximate surface area is 91.0 Å². The zero-order chi connectivity index (χ0) is 10.5. The average molecular weight is 208 g/mol. The number of nitrogens with one attached hydrogen (secondary N) is 1. The first kappa shape index (κ1) is 10.7. The molecular weight excluding hydrogens is 188 g/mol. The van der Waals surface area contributed by atoms with Gasteiger partial charge in [0.25, 0.3) is 0 Å². The third-order valence-corrected chi connectivity index (χ3v) is 2.88. The first-order valence-electron chi connectivity index (χ1n) is 5.87. The highest BCUT2D eigenvalue weighted by Gasteiger charge is 2.19. The maximum Gasteiger partial charge on any atom is 0.118 e. The van der Waals surface area contributed by atoms with Gasteiger partial charge in [-0.25, -0.2) is 0 Å². The van der Waals surface area contributed by atoms with Crippen LogP contribution in [0.3, 0.4) is 0 Å². The highest BCUT2D eigenvalue weighted by Crippen LogP contribution is 2.33. The lowest BCUT2D eigenvalue weighted by atomic mass is 10.2. The summed E-state index contributed by atoms with van der Waals surface area (Å²) in [6, 6.07) is 3.94. The highest BCUT2D eigenvalue weighted by molar-refractivity contribution is 5.06. The minimum atomic E-state index is 0.488. The fourth-order valence-electron chi connectivity index (χ4n) is 1.76. The van der Waals surface area contributed by atoms with E-state index in [9.17, 15) is 0 Å². The van der Waals surface area contributed by atoms with Gasteiger partial charge in [0.2, 0.25) is 0 Å². The second-order valence-corrected chi connectivity index (χ2v) is 4.33. The molecule has 1 aliphatic carbocycles. The van der Waals surface area contributed by atoms with E-state index in [0.717, 1.165) is 30.5 Å². The van der Waals surface area contributed by atoms with Gasteiger partial charge in [-0.2, -0.15) is 0 Å². The standard InChI is InChI=1S/C12H20N2O/c13-8-11-5-6-12(15-11)9-14-7-1-2-10-3-4-10/h5-6,10,14H,1-4,7-9,13H2. The lowest BCUT2D eigenvalue weighted by Crippen LogP contribution is -2.14. The van der Waals surface area contributed by atoms with E-state index in [4.69, 9.17) is 10.2 Å². The van der Waals surface area contributed by atoms with Crippen molar-refractivity contribution in [1.82, 2.24) is 5.32 Å². The summed E-state index contributed by atoms with van der Waals surface area (Å²) in [7, 11) is 0. The van der Waals surface area contributed by atoms with Crippen molar-refractivity contribution in [2.45, 2.75) is 38.8 Å². The maximum absolute atomic E-state index is 5.49. The Morgan fingerprint density at radius 1 is 1.33 bits per heavy atom. The van der Waals surface area contributed by atoms with Gasteiger partial charge in [0.05, 0.1) is 13.1 Å². The molecule has 84 valence electrons. The molecule has 0 unspecified atom stereocenters. The summed E-state index contributed by atoms with van der Waals surface area (Å²) in [5, 5.41) is 3.39. The molecular formula is C12H20N2O. The summed E-state index contributed by atoms with van der Waals surface area (Å²) in [4.78, 5) is 0. The number of hydrogen-bond donors (Lipinski definition) is 2. The third-order valence-electron chi connectivity index (χ3n) is 2.88. The van der Waals surface area contributed by atoms with Gasteiger partial charge < -0.3 is 15.5 Å². The third kappa shape index (κ3) is 3.68. The molecule has 1 aliphatic rings. The topological polar surface area (TPSA) is 51.2 Å². The summed E-state index contributed by atoms with van der Waals surface area (Å²) in [5.74, 6) is 2.89. The van der Waals surface area contributed by atoms with Crippen LogP contribution in [0.2, 0.25) is 0 Å². The average Bonchev–Trinajstić information content (AvgIpc) is 2.96. The van der Waals surface area contributed by atoms with Crippen molar-refractivity contribution in [2.75, 3.05) is 6.54 Å².